The second kappa shape index (κ2) is 13.2. The molecule has 0 atom stereocenters. The van der Waals surface area contributed by atoms with E-state index in [9.17, 15) is 9.59 Å². The Labute approximate surface area is 286 Å². The predicted octanol–water partition coefficient (Wildman–Crippen LogP) is 6.25. The molecule has 0 spiro atoms. The molecule has 12 heteroatoms. The Morgan fingerprint density at radius 3 is 2.14 bits per heavy atom. The summed E-state index contributed by atoms with van der Waals surface area (Å²) in [7, 11) is 6.25. The highest BCUT2D eigenvalue weighted by Gasteiger charge is 2.24. The molecule has 0 fully saturated rings. The smallest absolute Gasteiger partial charge is 0.270 e. The lowest BCUT2D eigenvalue weighted by molar-refractivity contribution is 0.0945. The first-order chi connectivity index (χ1) is 24.3. The van der Waals surface area contributed by atoms with E-state index in [4.69, 9.17) is 14.2 Å². The van der Waals surface area contributed by atoms with Gasteiger partial charge in [0.15, 0.2) is 0 Å². The van der Waals surface area contributed by atoms with Crippen LogP contribution < -0.4 is 15.4 Å². The quantitative estimate of drug-likeness (QED) is 0.156. The number of aromatic nitrogens is 4. The van der Waals surface area contributed by atoms with Gasteiger partial charge in [0.2, 0.25) is 0 Å². The molecule has 2 amide bonds. The van der Waals surface area contributed by atoms with Crippen LogP contribution in [0.4, 0.5) is 4.39 Å². The van der Waals surface area contributed by atoms with Crippen molar-refractivity contribution in [2.75, 3.05) is 28.3 Å². The number of benzene rings is 3. The molecule has 0 saturated heterocycles. The Kier molecular flexibility index (Phi) is 8.64. The monoisotopic (exact) mass is 674 g/mol. The van der Waals surface area contributed by atoms with Crippen molar-refractivity contribution in [2.45, 2.75) is 26.7 Å². The highest BCUT2D eigenvalue weighted by molar-refractivity contribution is 6.15. The second-order valence-corrected chi connectivity index (χ2v) is 11.9. The molecule has 0 aliphatic carbocycles. The number of nitrogens with one attached hydrogen (secondary N) is 3. The van der Waals surface area contributed by atoms with Crippen LogP contribution in [0, 0.1) is 12.7 Å². The average Bonchev–Trinajstić information content (AvgIpc) is 3.68. The zero-order valence-electron chi connectivity index (χ0n) is 28.2. The lowest BCUT2D eigenvalue weighted by Crippen LogP contribution is -2.21. The molecule has 4 aromatic heterocycles. The van der Waals surface area contributed by atoms with E-state index in [0.29, 0.717) is 28.1 Å². The SMILES string of the molecule is CNC(=O)c1ncc2[nH]c3cccc(OCc4ccc(-n5c6cccc(C)c6c6c(COC)c(C(=O)NC)ncc65)cc4F)c3c2c1COC. The van der Waals surface area contributed by atoms with E-state index in [2.05, 4.69) is 25.6 Å². The van der Waals surface area contributed by atoms with Crippen molar-refractivity contribution in [1.82, 2.24) is 30.2 Å². The number of ether oxygens (including phenoxy) is 3. The van der Waals surface area contributed by atoms with Crippen LogP contribution in [0.1, 0.15) is 43.2 Å². The number of rotatable bonds is 10. The van der Waals surface area contributed by atoms with Crippen LogP contribution in [0.2, 0.25) is 0 Å². The Hall–Kier alpha value is -5.85. The van der Waals surface area contributed by atoms with Crippen molar-refractivity contribution in [2.24, 2.45) is 0 Å². The first-order valence-corrected chi connectivity index (χ1v) is 16.0. The molecule has 254 valence electrons. The van der Waals surface area contributed by atoms with Crippen molar-refractivity contribution in [3.63, 3.8) is 0 Å². The molecule has 3 aromatic carbocycles. The molecule has 11 nitrogen and oxygen atoms in total. The first-order valence-electron chi connectivity index (χ1n) is 16.0. The third-order valence-electron chi connectivity index (χ3n) is 9.01. The normalized spacial score (nSPS) is 11.6. The maximum absolute atomic E-state index is 16.0. The number of aromatic amines is 1. The Morgan fingerprint density at radius 2 is 1.46 bits per heavy atom. The molecule has 0 radical (unpaired) electrons. The number of methoxy groups -OCH3 is 2. The number of nitrogens with zero attached hydrogens (tertiary/aromatic N) is 3. The van der Waals surface area contributed by atoms with E-state index in [1.54, 1.807) is 46.8 Å². The van der Waals surface area contributed by atoms with E-state index >= 15 is 4.39 Å². The molecule has 50 heavy (non-hydrogen) atoms. The first kappa shape index (κ1) is 32.7. The van der Waals surface area contributed by atoms with Crippen LogP contribution in [0.5, 0.6) is 5.75 Å². The highest BCUT2D eigenvalue weighted by Crippen LogP contribution is 2.39. The van der Waals surface area contributed by atoms with Gasteiger partial charge in [-0.05, 0) is 42.8 Å². The minimum absolute atomic E-state index is 0.0494. The summed E-state index contributed by atoms with van der Waals surface area (Å²) in [4.78, 5) is 37.7. The fourth-order valence-corrected chi connectivity index (χ4v) is 6.80. The largest absolute Gasteiger partial charge is 0.488 e. The molecule has 7 rings (SSSR count). The molecule has 7 aromatic rings. The van der Waals surface area contributed by atoms with Crippen molar-refractivity contribution in [3.8, 4) is 11.4 Å². The van der Waals surface area contributed by atoms with E-state index in [-0.39, 0.29) is 43.0 Å². The van der Waals surface area contributed by atoms with Crippen LogP contribution in [0.25, 0.3) is 49.3 Å². The van der Waals surface area contributed by atoms with Crippen molar-refractivity contribution in [3.05, 3.63) is 106 Å². The maximum Gasteiger partial charge on any atom is 0.270 e. The van der Waals surface area contributed by atoms with Crippen LogP contribution in [-0.2, 0) is 29.3 Å². The molecular formula is C38H35FN6O5. The van der Waals surface area contributed by atoms with E-state index in [1.165, 1.54) is 6.07 Å². The number of fused-ring (bicyclic) bond motifs is 6. The summed E-state index contributed by atoms with van der Waals surface area (Å²) < 4.78 is 35.3. The molecule has 0 unspecified atom stereocenters. The van der Waals surface area contributed by atoms with Gasteiger partial charge in [0.05, 0.1) is 47.7 Å². The van der Waals surface area contributed by atoms with Gasteiger partial charge in [-0.3, -0.25) is 9.59 Å². The van der Waals surface area contributed by atoms with Crippen molar-refractivity contribution in [1.29, 1.82) is 0 Å². The van der Waals surface area contributed by atoms with Crippen molar-refractivity contribution >= 4 is 55.4 Å². The zero-order chi connectivity index (χ0) is 35.1. The lowest BCUT2D eigenvalue weighted by Gasteiger charge is -2.13. The minimum atomic E-state index is -0.450. The topological polar surface area (TPSA) is 132 Å². The molecule has 0 aliphatic heterocycles. The van der Waals surface area contributed by atoms with Gasteiger partial charge in [-0.25, -0.2) is 14.4 Å². The number of carbonyl (C=O) groups excluding carboxylic acids is 2. The third kappa shape index (κ3) is 5.29. The van der Waals surface area contributed by atoms with Gasteiger partial charge in [-0.2, -0.15) is 0 Å². The Morgan fingerprint density at radius 1 is 0.780 bits per heavy atom. The number of hydrogen-bond donors (Lipinski definition) is 3. The van der Waals surface area contributed by atoms with Gasteiger partial charge in [-0.1, -0.05) is 24.3 Å². The standard InChI is InChI=1S/C38H35FN6O5/c1-20-8-6-10-28-31(20)33-24(19-49-5)36(38(47)41-3)43-16-29(33)45(28)22-13-12-21(25(39)14-22)17-50-30-11-7-9-26-34(30)32-23(18-48-4)35(37(46)40-2)42-15-27(32)44-26/h6-16,44H,17-19H2,1-5H3,(H,40,46)(H,41,47). The molecule has 0 saturated carbocycles. The lowest BCUT2D eigenvalue weighted by atomic mass is 10.0. The molecule has 4 heterocycles. The maximum atomic E-state index is 16.0. The summed E-state index contributed by atoms with van der Waals surface area (Å²) in [5.41, 5.74) is 6.84. The van der Waals surface area contributed by atoms with Crippen LogP contribution in [0.3, 0.4) is 0 Å². The molecule has 0 bridgehead atoms. The van der Waals surface area contributed by atoms with Gasteiger partial charge in [0, 0.05) is 72.2 Å². The summed E-state index contributed by atoms with van der Waals surface area (Å²) in [6, 6.07) is 16.5. The van der Waals surface area contributed by atoms with E-state index < -0.39 is 5.82 Å². The van der Waals surface area contributed by atoms with E-state index in [1.807, 2.05) is 54.0 Å². The van der Waals surface area contributed by atoms with Gasteiger partial charge in [-0.15, -0.1) is 0 Å². The molecule has 3 N–H and O–H groups in total. The summed E-state index contributed by atoms with van der Waals surface area (Å²) in [5, 5.41) is 8.57. The second-order valence-electron chi connectivity index (χ2n) is 11.9. The Balaban J connectivity index is 1.30. The van der Waals surface area contributed by atoms with E-state index in [0.717, 1.165) is 49.2 Å². The number of aryl methyl sites for hydroxylation is 1. The van der Waals surface area contributed by atoms with Crippen LogP contribution >= 0.6 is 0 Å². The van der Waals surface area contributed by atoms with Crippen LogP contribution in [0.15, 0.2) is 67.0 Å². The van der Waals surface area contributed by atoms with Gasteiger partial charge in [0.1, 0.15) is 29.6 Å². The van der Waals surface area contributed by atoms with Gasteiger partial charge in [0.25, 0.3) is 11.8 Å². The third-order valence-corrected chi connectivity index (χ3v) is 9.01. The van der Waals surface area contributed by atoms with Gasteiger partial charge < -0.3 is 34.4 Å². The Bertz CT molecular complexity index is 2470. The molecule has 0 aliphatic rings. The summed E-state index contributed by atoms with van der Waals surface area (Å²) in [6.07, 6.45) is 3.27. The average molecular weight is 675 g/mol. The number of pyridine rings is 2. The predicted molar refractivity (Wildman–Crippen MR) is 189 cm³/mol. The van der Waals surface area contributed by atoms with Crippen LogP contribution in [-0.4, -0.2) is 59.6 Å². The fourth-order valence-electron chi connectivity index (χ4n) is 6.80. The summed E-state index contributed by atoms with van der Waals surface area (Å²) in [5.74, 6) is -0.574. The zero-order valence-corrected chi connectivity index (χ0v) is 28.2. The van der Waals surface area contributed by atoms with Crippen molar-refractivity contribution < 1.29 is 28.2 Å². The minimum Gasteiger partial charge on any atom is -0.488 e. The molecular weight excluding hydrogens is 639 g/mol. The number of amides is 2. The number of H-pyrrole nitrogens is 1. The fraction of sp³-hybridized carbons (Fsp3) is 0.211. The summed E-state index contributed by atoms with van der Waals surface area (Å²) >= 11 is 0. The summed E-state index contributed by atoms with van der Waals surface area (Å²) in [6.45, 7) is 2.28. The highest BCUT2D eigenvalue weighted by atomic mass is 19.1. The number of carbonyl (C=O) groups is 2. The number of hydrogen-bond acceptors (Lipinski definition) is 7. The number of halogens is 1. The van der Waals surface area contributed by atoms with Gasteiger partial charge >= 0.3 is 0 Å².